The first kappa shape index (κ1) is 27.2. The highest BCUT2D eigenvalue weighted by molar-refractivity contribution is 14.0. The van der Waals surface area contributed by atoms with Crippen molar-refractivity contribution < 1.29 is 18.6 Å². The summed E-state index contributed by atoms with van der Waals surface area (Å²) >= 11 is 0. The zero-order valence-electron chi connectivity index (χ0n) is 19.1. The molecule has 3 rings (SSSR count). The van der Waals surface area contributed by atoms with Crippen LogP contribution in [0, 0.1) is 11.7 Å². The molecule has 0 saturated carbocycles. The van der Waals surface area contributed by atoms with E-state index in [1.807, 2.05) is 12.1 Å². The second kappa shape index (κ2) is 15.8. The van der Waals surface area contributed by atoms with Gasteiger partial charge >= 0.3 is 0 Å². The predicted molar refractivity (Wildman–Crippen MR) is 135 cm³/mol. The van der Waals surface area contributed by atoms with Gasteiger partial charge in [0, 0.05) is 45.3 Å². The zero-order valence-corrected chi connectivity index (χ0v) is 21.4. The number of hydrogen-bond acceptors (Lipinski definition) is 5. The van der Waals surface area contributed by atoms with Gasteiger partial charge in [-0.2, -0.15) is 0 Å². The van der Waals surface area contributed by atoms with E-state index >= 15 is 0 Å². The van der Waals surface area contributed by atoms with Gasteiger partial charge in [0.1, 0.15) is 5.82 Å². The molecule has 0 aromatic heterocycles. The first-order valence-corrected chi connectivity index (χ1v) is 11.5. The van der Waals surface area contributed by atoms with Crippen LogP contribution in [0.2, 0.25) is 0 Å². The molecule has 9 heteroatoms. The van der Waals surface area contributed by atoms with Crippen LogP contribution in [0.25, 0.3) is 0 Å². The summed E-state index contributed by atoms with van der Waals surface area (Å²) in [6.07, 6.45) is 2.02. The molecule has 2 aliphatic rings. The molecule has 2 N–H and O–H groups in total. The highest BCUT2D eigenvalue weighted by atomic mass is 127. The van der Waals surface area contributed by atoms with Gasteiger partial charge < -0.3 is 24.8 Å². The summed E-state index contributed by atoms with van der Waals surface area (Å²) in [4.78, 5) is 7.19. The molecule has 2 atom stereocenters. The van der Waals surface area contributed by atoms with Crippen molar-refractivity contribution >= 4 is 29.9 Å². The fraction of sp³-hybridized carbons (Fsp3) is 0.696. The lowest BCUT2D eigenvalue weighted by molar-refractivity contribution is 0.0179. The summed E-state index contributed by atoms with van der Waals surface area (Å²) in [6.45, 7) is 10.6. The van der Waals surface area contributed by atoms with Crippen LogP contribution >= 0.6 is 24.0 Å². The minimum atomic E-state index is -0.217. The van der Waals surface area contributed by atoms with E-state index in [0.717, 1.165) is 77.0 Å². The van der Waals surface area contributed by atoms with Crippen molar-refractivity contribution in [2.75, 3.05) is 72.4 Å². The topological polar surface area (TPSA) is 67.4 Å². The quantitative estimate of drug-likeness (QED) is 0.187. The average Bonchev–Trinajstić information content (AvgIpc) is 3.31. The number of morpholine rings is 1. The normalized spacial score (nSPS) is 20.6. The molecule has 2 unspecified atom stereocenters. The molecule has 1 aromatic rings. The number of nitrogens with one attached hydrogen (secondary N) is 2. The van der Waals surface area contributed by atoms with Crippen molar-refractivity contribution in [3.8, 4) is 0 Å². The molecule has 0 radical (unpaired) electrons. The van der Waals surface area contributed by atoms with Gasteiger partial charge in [0.15, 0.2) is 5.96 Å². The molecular weight excluding hydrogens is 526 g/mol. The number of aliphatic imine (C=N–C) groups is 1. The largest absolute Gasteiger partial charge is 0.381 e. The van der Waals surface area contributed by atoms with Gasteiger partial charge in [-0.05, 0) is 37.5 Å². The Bertz CT molecular complexity index is 653. The minimum absolute atomic E-state index is 0. The summed E-state index contributed by atoms with van der Waals surface area (Å²) in [5.41, 5.74) is 1.08. The Hall–Kier alpha value is -1.01. The molecule has 0 aliphatic carbocycles. The van der Waals surface area contributed by atoms with Crippen LogP contribution in [-0.2, 0) is 14.2 Å². The number of guanidine groups is 1. The van der Waals surface area contributed by atoms with E-state index in [0.29, 0.717) is 25.7 Å². The molecule has 0 spiro atoms. The fourth-order valence-corrected chi connectivity index (χ4v) is 3.87. The zero-order chi connectivity index (χ0) is 21.7. The van der Waals surface area contributed by atoms with Crippen molar-refractivity contribution in [3.63, 3.8) is 0 Å². The van der Waals surface area contributed by atoms with Crippen LogP contribution in [0.15, 0.2) is 29.3 Å². The molecular formula is C23H38FIN4O3. The highest BCUT2D eigenvalue weighted by Crippen LogP contribution is 2.22. The van der Waals surface area contributed by atoms with E-state index in [2.05, 4.69) is 22.5 Å². The van der Waals surface area contributed by atoms with Crippen molar-refractivity contribution in [2.45, 2.75) is 25.8 Å². The van der Waals surface area contributed by atoms with Crippen LogP contribution < -0.4 is 10.6 Å². The van der Waals surface area contributed by atoms with E-state index in [-0.39, 0.29) is 35.8 Å². The number of hydrogen-bond donors (Lipinski definition) is 2. The second-order valence-corrected chi connectivity index (χ2v) is 8.02. The third-order valence-corrected chi connectivity index (χ3v) is 5.64. The second-order valence-electron chi connectivity index (χ2n) is 8.02. The third-order valence-electron chi connectivity index (χ3n) is 5.64. The summed E-state index contributed by atoms with van der Waals surface area (Å²) < 4.78 is 30.1. The van der Waals surface area contributed by atoms with Crippen molar-refractivity contribution in [1.82, 2.24) is 15.5 Å². The third kappa shape index (κ3) is 9.46. The Morgan fingerprint density at radius 3 is 2.66 bits per heavy atom. The molecule has 2 heterocycles. The Labute approximate surface area is 208 Å². The van der Waals surface area contributed by atoms with Crippen LogP contribution in [-0.4, -0.2) is 83.2 Å². The molecule has 2 fully saturated rings. The van der Waals surface area contributed by atoms with Gasteiger partial charge in [0.2, 0.25) is 0 Å². The number of halogens is 2. The monoisotopic (exact) mass is 564 g/mol. The summed E-state index contributed by atoms with van der Waals surface area (Å²) in [5.74, 6) is 1.13. The molecule has 2 aliphatic heterocycles. The Morgan fingerprint density at radius 1 is 1.19 bits per heavy atom. The van der Waals surface area contributed by atoms with Gasteiger partial charge in [-0.15, -0.1) is 24.0 Å². The minimum Gasteiger partial charge on any atom is -0.381 e. The first-order valence-electron chi connectivity index (χ1n) is 11.5. The van der Waals surface area contributed by atoms with Crippen molar-refractivity contribution in [3.05, 3.63) is 35.6 Å². The average molecular weight is 564 g/mol. The molecule has 0 amide bonds. The molecule has 0 bridgehead atoms. The van der Waals surface area contributed by atoms with Gasteiger partial charge in [-0.25, -0.2) is 4.39 Å². The van der Waals surface area contributed by atoms with Gasteiger partial charge in [-0.1, -0.05) is 12.1 Å². The molecule has 2 saturated heterocycles. The number of nitrogens with zero attached hydrogens (tertiary/aromatic N) is 2. The lowest BCUT2D eigenvalue weighted by atomic mass is 10.0. The van der Waals surface area contributed by atoms with E-state index in [4.69, 9.17) is 19.2 Å². The maximum absolute atomic E-state index is 13.4. The Kier molecular flexibility index (Phi) is 13.4. The lowest BCUT2D eigenvalue weighted by Crippen LogP contribution is -2.42. The molecule has 32 heavy (non-hydrogen) atoms. The van der Waals surface area contributed by atoms with Crippen LogP contribution in [0.1, 0.15) is 31.4 Å². The molecule has 1 aromatic carbocycles. The Morgan fingerprint density at radius 2 is 1.97 bits per heavy atom. The summed E-state index contributed by atoms with van der Waals surface area (Å²) in [5, 5.41) is 6.71. The van der Waals surface area contributed by atoms with Crippen LogP contribution in [0.3, 0.4) is 0 Å². The smallest absolute Gasteiger partial charge is 0.191 e. The van der Waals surface area contributed by atoms with E-state index in [1.54, 1.807) is 0 Å². The van der Waals surface area contributed by atoms with Crippen molar-refractivity contribution in [1.29, 1.82) is 0 Å². The number of rotatable bonds is 11. The summed E-state index contributed by atoms with van der Waals surface area (Å²) in [7, 11) is 0. The van der Waals surface area contributed by atoms with Gasteiger partial charge in [0.25, 0.3) is 0 Å². The maximum atomic E-state index is 13.4. The SMILES string of the molecule is CCNC(=NCC(c1ccc(F)cc1)N1CCOCC1)NCCCOCC1CCOC1.I. The van der Waals surface area contributed by atoms with Crippen LogP contribution in [0.5, 0.6) is 0 Å². The molecule has 182 valence electrons. The molecule has 7 nitrogen and oxygen atoms in total. The number of benzene rings is 1. The standard InChI is InChI=1S/C23H37FN4O3.HI/c1-2-25-23(26-9-3-12-30-17-19-8-13-31-18-19)27-16-22(28-10-14-29-15-11-28)20-4-6-21(24)7-5-20;/h4-7,19,22H,2-3,8-18H2,1H3,(H2,25,26,27);1H. The van der Waals surface area contributed by atoms with Crippen molar-refractivity contribution in [2.24, 2.45) is 10.9 Å². The Balaban J connectivity index is 0.00000363. The summed E-state index contributed by atoms with van der Waals surface area (Å²) in [6, 6.07) is 6.86. The highest BCUT2D eigenvalue weighted by Gasteiger charge is 2.22. The number of ether oxygens (including phenoxy) is 3. The lowest BCUT2D eigenvalue weighted by Gasteiger charge is -2.34. The fourth-order valence-electron chi connectivity index (χ4n) is 3.87. The van der Waals surface area contributed by atoms with Crippen LogP contribution in [0.4, 0.5) is 4.39 Å². The van der Waals surface area contributed by atoms with E-state index < -0.39 is 0 Å². The van der Waals surface area contributed by atoms with Gasteiger partial charge in [-0.3, -0.25) is 9.89 Å². The van der Waals surface area contributed by atoms with E-state index in [1.165, 1.54) is 12.1 Å². The maximum Gasteiger partial charge on any atom is 0.191 e. The predicted octanol–water partition coefficient (Wildman–Crippen LogP) is 2.82. The van der Waals surface area contributed by atoms with Gasteiger partial charge in [0.05, 0.1) is 39.0 Å². The van der Waals surface area contributed by atoms with E-state index in [9.17, 15) is 4.39 Å². The first-order chi connectivity index (χ1) is 15.3.